The number of fused-ring (bicyclic) bond motifs is 1. The summed E-state index contributed by atoms with van der Waals surface area (Å²) in [6.07, 6.45) is 1.44. The Morgan fingerprint density at radius 1 is 1.08 bits per heavy atom. The van der Waals surface area contributed by atoms with Gasteiger partial charge in [-0.2, -0.15) is 0 Å². The van der Waals surface area contributed by atoms with Gasteiger partial charge < -0.3 is 14.8 Å². The lowest BCUT2D eigenvalue weighted by molar-refractivity contribution is 0.356. The molecule has 1 heterocycles. The third-order valence-corrected chi connectivity index (χ3v) is 4.74. The number of nitrogens with two attached hydrogens (primary N) is 1. The minimum absolute atomic E-state index is 0.0655. The zero-order chi connectivity index (χ0) is 18.7. The number of methoxy groups -OCH3 is 2. The van der Waals surface area contributed by atoms with Gasteiger partial charge in [-0.05, 0) is 23.8 Å². The van der Waals surface area contributed by atoms with E-state index in [1.165, 1.54) is 18.5 Å². The van der Waals surface area contributed by atoms with Crippen LogP contribution in [-0.2, 0) is 16.6 Å². The van der Waals surface area contributed by atoms with E-state index in [4.69, 9.17) is 14.6 Å². The molecule has 3 rings (SSSR count). The van der Waals surface area contributed by atoms with Crippen LogP contribution in [0, 0.1) is 0 Å². The van der Waals surface area contributed by atoms with Crippen LogP contribution in [0.5, 0.6) is 11.5 Å². The van der Waals surface area contributed by atoms with E-state index >= 15 is 0 Å². The number of hydrogen-bond acceptors (Lipinski definition) is 7. The van der Waals surface area contributed by atoms with Gasteiger partial charge >= 0.3 is 0 Å². The lowest BCUT2D eigenvalue weighted by atomic mass is 10.2. The minimum Gasteiger partial charge on any atom is -0.493 e. The number of anilines is 1. The maximum Gasteiger partial charge on any atom is 0.238 e. The standard InChI is InChI=1S/C17H18N4O4S/c1-24-15-7-13-14(8-16(15)25-2)20-10-21-17(13)19-9-11-4-3-5-12(6-11)26(18,22)23/h3-8,10H,9H2,1-2H3,(H2,18,22,23)(H,19,20,21). The molecule has 0 saturated heterocycles. The first kappa shape index (κ1) is 17.9. The van der Waals surface area contributed by atoms with E-state index in [-0.39, 0.29) is 4.90 Å². The molecule has 136 valence electrons. The molecule has 0 unspecified atom stereocenters. The summed E-state index contributed by atoms with van der Waals surface area (Å²) in [6, 6.07) is 9.97. The van der Waals surface area contributed by atoms with E-state index in [1.807, 2.05) is 0 Å². The molecule has 0 bridgehead atoms. The highest BCUT2D eigenvalue weighted by atomic mass is 32.2. The van der Waals surface area contributed by atoms with Gasteiger partial charge in [-0.15, -0.1) is 0 Å². The fourth-order valence-corrected chi connectivity index (χ4v) is 3.13. The molecule has 2 aromatic carbocycles. The summed E-state index contributed by atoms with van der Waals surface area (Å²) >= 11 is 0. The average molecular weight is 374 g/mol. The van der Waals surface area contributed by atoms with Gasteiger partial charge in [-0.3, -0.25) is 0 Å². The molecule has 0 saturated carbocycles. The Morgan fingerprint density at radius 3 is 2.50 bits per heavy atom. The predicted molar refractivity (Wildman–Crippen MR) is 97.8 cm³/mol. The second kappa shape index (κ2) is 7.14. The first-order chi connectivity index (χ1) is 12.4. The second-order valence-electron chi connectivity index (χ2n) is 5.49. The Kier molecular flexibility index (Phi) is 4.92. The molecule has 0 spiro atoms. The third kappa shape index (κ3) is 3.68. The van der Waals surface area contributed by atoms with Gasteiger partial charge in [0.05, 0.1) is 24.6 Å². The number of sulfonamides is 1. The monoisotopic (exact) mass is 374 g/mol. The van der Waals surface area contributed by atoms with Crippen molar-refractivity contribution in [2.24, 2.45) is 5.14 Å². The van der Waals surface area contributed by atoms with Crippen molar-refractivity contribution in [3.05, 3.63) is 48.3 Å². The zero-order valence-electron chi connectivity index (χ0n) is 14.3. The fraction of sp³-hybridized carbons (Fsp3) is 0.176. The third-order valence-electron chi connectivity index (χ3n) is 3.83. The molecule has 0 aliphatic heterocycles. The van der Waals surface area contributed by atoms with E-state index in [0.717, 1.165) is 10.9 Å². The molecule has 3 N–H and O–H groups in total. The maximum absolute atomic E-state index is 11.5. The van der Waals surface area contributed by atoms with Crippen molar-refractivity contribution >= 4 is 26.7 Å². The van der Waals surface area contributed by atoms with Crippen molar-refractivity contribution in [1.29, 1.82) is 0 Å². The molecule has 0 aliphatic rings. The average Bonchev–Trinajstić information content (AvgIpc) is 2.64. The van der Waals surface area contributed by atoms with Crippen molar-refractivity contribution < 1.29 is 17.9 Å². The molecule has 8 nitrogen and oxygen atoms in total. The molecule has 0 atom stereocenters. The highest BCUT2D eigenvalue weighted by molar-refractivity contribution is 7.89. The number of primary sulfonamides is 1. The predicted octanol–water partition coefficient (Wildman–Crippen LogP) is 1.91. The van der Waals surface area contributed by atoms with Crippen molar-refractivity contribution in [3.8, 4) is 11.5 Å². The number of hydrogen-bond donors (Lipinski definition) is 2. The molecule has 0 fully saturated rings. The van der Waals surface area contributed by atoms with Crippen LogP contribution in [0.25, 0.3) is 10.9 Å². The number of nitrogens with zero attached hydrogens (tertiary/aromatic N) is 2. The highest BCUT2D eigenvalue weighted by Crippen LogP contribution is 2.33. The van der Waals surface area contributed by atoms with Crippen LogP contribution in [0.4, 0.5) is 5.82 Å². The van der Waals surface area contributed by atoms with Crippen LogP contribution in [0.1, 0.15) is 5.56 Å². The van der Waals surface area contributed by atoms with Gasteiger partial charge in [0.2, 0.25) is 10.0 Å². The van der Waals surface area contributed by atoms with Crippen LogP contribution in [0.2, 0.25) is 0 Å². The second-order valence-corrected chi connectivity index (χ2v) is 7.05. The SMILES string of the molecule is COc1cc2ncnc(NCc3cccc(S(N)(=O)=O)c3)c2cc1OC. The fourth-order valence-electron chi connectivity index (χ4n) is 2.54. The number of nitrogens with one attached hydrogen (secondary N) is 1. The van der Waals surface area contributed by atoms with Gasteiger partial charge in [0, 0.05) is 18.0 Å². The quantitative estimate of drug-likeness (QED) is 0.677. The Morgan fingerprint density at radius 2 is 1.81 bits per heavy atom. The van der Waals surface area contributed by atoms with E-state index in [9.17, 15) is 8.42 Å². The molecular weight excluding hydrogens is 356 g/mol. The molecule has 0 amide bonds. The van der Waals surface area contributed by atoms with Crippen LogP contribution in [0.3, 0.4) is 0 Å². The summed E-state index contributed by atoms with van der Waals surface area (Å²) in [4.78, 5) is 8.57. The van der Waals surface area contributed by atoms with Gasteiger partial charge in [0.25, 0.3) is 0 Å². The number of benzene rings is 2. The molecule has 1 aromatic heterocycles. The molecule has 0 radical (unpaired) electrons. The smallest absolute Gasteiger partial charge is 0.238 e. The van der Waals surface area contributed by atoms with Gasteiger partial charge in [0.1, 0.15) is 12.1 Å². The van der Waals surface area contributed by atoms with E-state index in [2.05, 4.69) is 15.3 Å². The van der Waals surface area contributed by atoms with Gasteiger partial charge in [0.15, 0.2) is 11.5 Å². The lowest BCUT2D eigenvalue weighted by Gasteiger charge is -2.12. The summed E-state index contributed by atoms with van der Waals surface area (Å²) in [6.45, 7) is 0.365. The lowest BCUT2D eigenvalue weighted by Crippen LogP contribution is -2.12. The number of rotatable bonds is 6. The molecule has 0 aliphatic carbocycles. The van der Waals surface area contributed by atoms with Crippen molar-refractivity contribution in [2.45, 2.75) is 11.4 Å². The largest absolute Gasteiger partial charge is 0.493 e. The zero-order valence-corrected chi connectivity index (χ0v) is 15.1. The summed E-state index contributed by atoms with van der Waals surface area (Å²) in [5, 5.41) is 9.12. The Balaban J connectivity index is 1.92. The summed E-state index contributed by atoms with van der Waals surface area (Å²) in [7, 11) is -0.631. The normalized spacial score (nSPS) is 11.3. The Labute approximate surface area is 151 Å². The van der Waals surface area contributed by atoms with Gasteiger partial charge in [-0.25, -0.2) is 23.5 Å². The molecular formula is C17H18N4O4S. The van der Waals surface area contributed by atoms with E-state index in [0.29, 0.717) is 29.4 Å². The van der Waals surface area contributed by atoms with Crippen LogP contribution < -0.4 is 19.9 Å². The summed E-state index contributed by atoms with van der Waals surface area (Å²) in [5.41, 5.74) is 1.45. The van der Waals surface area contributed by atoms with Crippen molar-refractivity contribution in [3.63, 3.8) is 0 Å². The maximum atomic E-state index is 11.5. The molecule has 9 heteroatoms. The molecule has 3 aromatic rings. The summed E-state index contributed by atoms with van der Waals surface area (Å²) in [5.74, 6) is 1.73. The minimum atomic E-state index is -3.74. The van der Waals surface area contributed by atoms with Crippen molar-refractivity contribution in [2.75, 3.05) is 19.5 Å². The Hall–Kier alpha value is -2.91. The van der Waals surface area contributed by atoms with Gasteiger partial charge in [-0.1, -0.05) is 12.1 Å². The van der Waals surface area contributed by atoms with E-state index < -0.39 is 10.0 Å². The van der Waals surface area contributed by atoms with E-state index in [1.54, 1.807) is 38.5 Å². The Bertz CT molecular complexity index is 1050. The highest BCUT2D eigenvalue weighted by Gasteiger charge is 2.12. The molecule has 26 heavy (non-hydrogen) atoms. The number of aromatic nitrogens is 2. The number of ether oxygens (including phenoxy) is 2. The topological polar surface area (TPSA) is 116 Å². The van der Waals surface area contributed by atoms with Crippen LogP contribution >= 0.6 is 0 Å². The van der Waals surface area contributed by atoms with Crippen LogP contribution in [0.15, 0.2) is 47.6 Å². The summed E-state index contributed by atoms with van der Waals surface area (Å²) < 4.78 is 33.6. The first-order valence-electron chi connectivity index (χ1n) is 7.64. The first-order valence-corrected chi connectivity index (χ1v) is 9.19. The van der Waals surface area contributed by atoms with Crippen LogP contribution in [-0.4, -0.2) is 32.6 Å². The van der Waals surface area contributed by atoms with Crippen molar-refractivity contribution in [1.82, 2.24) is 9.97 Å².